The van der Waals surface area contributed by atoms with Crippen molar-refractivity contribution in [3.63, 3.8) is 0 Å². The summed E-state index contributed by atoms with van der Waals surface area (Å²) in [5, 5.41) is 7.65. The van der Waals surface area contributed by atoms with Gasteiger partial charge in [0, 0.05) is 17.3 Å². The number of nitrogens with zero attached hydrogens (tertiary/aromatic N) is 3. The zero-order valence-electron chi connectivity index (χ0n) is 15.7. The highest BCUT2D eigenvalue weighted by Gasteiger charge is 2.21. The molecular weight excluding hydrogens is 340 g/mol. The molecule has 3 rings (SSSR count). The van der Waals surface area contributed by atoms with Crippen LogP contribution < -0.4 is 16.8 Å². The molecule has 1 amide bonds. The Kier molecular flexibility index (Phi) is 5.23. The minimum Gasteiger partial charge on any atom is -0.397 e. The lowest BCUT2D eigenvalue weighted by molar-refractivity contribution is -0.117. The summed E-state index contributed by atoms with van der Waals surface area (Å²) in [5.74, 6) is 0.343. The van der Waals surface area contributed by atoms with Crippen molar-refractivity contribution in [2.45, 2.75) is 33.2 Å². The molecule has 0 fully saturated rings. The van der Waals surface area contributed by atoms with E-state index in [2.05, 4.69) is 10.3 Å². The lowest BCUT2D eigenvalue weighted by Crippen LogP contribution is -2.35. The summed E-state index contributed by atoms with van der Waals surface area (Å²) in [4.78, 5) is 16.7. The number of aryl methyl sites for hydroxylation is 1. The van der Waals surface area contributed by atoms with E-state index in [1.807, 2.05) is 57.2 Å². The molecule has 0 bridgehead atoms. The quantitative estimate of drug-likeness (QED) is 0.644. The van der Waals surface area contributed by atoms with Crippen LogP contribution in [0.5, 0.6) is 0 Å². The molecule has 0 aliphatic rings. The summed E-state index contributed by atoms with van der Waals surface area (Å²) in [7, 11) is 0. The Morgan fingerprint density at radius 1 is 1.26 bits per heavy atom. The Labute approximate surface area is 158 Å². The van der Waals surface area contributed by atoms with Crippen LogP contribution in [0, 0.1) is 13.8 Å². The molecule has 1 atom stereocenters. The third-order valence-electron chi connectivity index (χ3n) is 4.54. The van der Waals surface area contributed by atoms with E-state index >= 15 is 0 Å². The standard InChI is InChI=1S/C20H24N6O/c1-4-16(21)20(27)24-19-12(2)18(14-10-17(22)13(3)23-11-14)25-26(19)15-8-6-5-7-9-15/h5-11,16H,4,21-22H2,1-3H3,(H,24,27). The number of carbonyl (C=O) groups is 1. The molecule has 0 radical (unpaired) electrons. The van der Waals surface area contributed by atoms with Crippen LogP contribution in [0.2, 0.25) is 0 Å². The number of carbonyl (C=O) groups excluding carboxylic acids is 1. The van der Waals surface area contributed by atoms with Crippen molar-refractivity contribution in [1.29, 1.82) is 0 Å². The van der Waals surface area contributed by atoms with Gasteiger partial charge in [-0.1, -0.05) is 25.1 Å². The van der Waals surface area contributed by atoms with Gasteiger partial charge < -0.3 is 16.8 Å². The Morgan fingerprint density at radius 3 is 2.59 bits per heavy atom. The van der Waals surface area contributed by atoms with Crippen LogP contribution in [-0.4, -0.2) is 26.7 Å². The Bertz CT molecular complexity index is 964. The van der Waals surface area contributed by atoms with Gasteiger partial charge in [0.25, 0.3) is 0 Å². The second-order valence-corrected chi connectivity index (χ2v) is 6.47. The predicted molar refractivity (Wildman–Crippen MR) is 108 cm³/mol. The first-order valence-electron chi connectivity index (χ1n) is 8.86. The minimum absolute atomic E-state index is 0.245. The van der Waals surface area contributed by atoms with Gasteiger partial charge in [0.1, 0.15) is 5.82 Å². The molecule has 1 unspecified atom stereocenters. The normalized spacial score (nSPS) is 12.0. The molecule has 1 aromatic carbocycles. The van der Waals surface area contributed by atoms with Crippen LogP contribution in [0.3, 0.4) is 0 Å². The number of rotatable bonds is 5. The van der Waals surface area contributed by atoms with E-state index in [0.717, 1.165) is 22.5 Å². The van der Waals surface area contributed by atoms with Crippen LogP contribution in [0.15, 0.2) is 42.6 Å². The van der Waals surface area contributed by atoms with Gasteiger partial charge in [-0.3, -0.25) is 9.78 Å². The zero-order valence-corrected chi connectivity index (χ0v) is 15.7. The van der Waals surface area contributed by atoms with Crippen molar-refractivity contribution in [3.8, 4) is 16.9 Å². The van der Waals surface area contributed by atoms with E-state index in [0.29, 0.717) is 23.6 Å². The second-order valence-electron chi connectivity index (χ2n) is 6.47. The van der Waals surface area contributed by atoms with Gasteiger partial charge in [-0.2, -0.15) is 5.10 Å². The number of aromatic nitrogens is 3. The maximum absolute atomic E-state index is 12.4. The summed E-state index contributed by atoms with van der Waals surface area (Å²) in [5.41, 5.74) is 16.4. The molecule has 27 heavy (non-hydrogen) atoms. The summed E-state index contributed by atoms with van der Waals surface area (Å²) >= 11 is 0. The number of benzene rings is 1. The van der Waals surface area contributed by atoms with Crippen LogP contribution in [-0.2, 0) is 4.79 Å². The first kappa shape index (κ1) is 18.6. The molecule has 0 saturated carbocycles. The van der Waals surface area contributed by atoms with Crippen LogP contribution in [0.4, 0.5) is 11.5 Å². The number of hydrogen-bond donors (Lipinski definition) is 3. The van der Waals surface area contributed by atoms with E-state index in [1.165, 1.54) is 0 Å². The third-order valence-corrected chi connectivity index (χ3v) is 4.54. The van der Waals surface area contributed by atoms with E-state index in [9.17, 15) is 4.79 Å². The fourth-order valence-electron chi connectivity index (χ4n) is 2.75. The van der Waals surface area contributed by atoms with Gasteiger partial charge >= 0.3 is 0 Å². The molecule has 5 N–H and O–H groups in total. The molecule has 0 saturated heterocycles. The van der Waals surface area contributed by atoms with Gasteiger partial charge in [0.2, 0.25) is 5.91 Å². The number of amides is 1. The summed E-state index contributed by atoms with van der Waals surface area (Å²) in [6.07, 6.45) is 2.29. The number of nitrogens with two attached hydrogens (primary N) is 2. The second kappa shape index (κ2) is 7.59. The number of anilines is 2. The van der Waals surface area contributed by atoms with Gasteiger partial charge in [-0.15, -0.1) is 0 Å². The summed E-state index contributed by atoms with van der Waals surface area (Å²) in [6, 6.07) is 10.9. The SMILES string of the molecule is CCC(N)C(=O)Nc1c(C)c(-c2cnc(C)c(N)c2)nn1-c1ccccc1. The monoisotopic (exact) mass is 364 g/mol. The first-order valence-corrected chi connectivity index (χ1v) is 8.86. The largest absolute Gasteiger partial charge is 0.397 e. The van der Waals surface area contributed by atoms with Crippen molar-refractivity contribution in [2.24, 2.45) is 5.73 Å². The predicted octanol–water partition coefficient (Wildman–Crippen LogP) is 2.81. The smallest absolute Gasteiger partial charge is 0.242 e. The minimum atomic E-state index is -0.580. The van der Waals surface area contributed by atoms with Crippen molar-refractivity contribution < 1.29 is 4.79 Å². The van der Waals surface area contributed by atoms with Crippen molar-refractivity contribution in [1.82, 2.24) is 14.8 Å². The Hall–Kier alpha value is -3.19. The maximum atomic E-state index is 12.4. The topological polar surface area (TPSA) is 112 Å². The van der Waals surface area contributed by atoms with Crippen LogP contribution in [0.25, 0.3) is 16.9 Å². The number of hydrogen-bond acceptors (Lipinski definition) is 5. The molecule has 2 aromatic heterocycles. The van der Waals surface area contributed by atoms with Crippen molar-refractivity contribution in [2.75, 3.05) is 11.1 Å². The molecule has 0 aliphatic carbocycles. The molecule has 140 valence electrons. The first-order chi connectivity index (χ1) is 12.9. The number of pyridine rings is 1. The number of para-hydroxylation sites is 1. The molecule has 0 spiro atoms. The molecule has 7 nitrogen and oxygen atoms in total. The summed E-state index contributed by atoms with van der Waals surface area (Å²) in [6.45, 7) is 5.63. The average molecular weight is 364 g/mol. The maximum Gasteiger partial charge on any atom is 0.242 e. The molecule has 0 aliphatic heterocycles. The Balaban J connectivity index is 2.13. The average Bonchev–Trinajstić information content (AvgIpc) is 3.00. The number of nitrogen functional groups attached to an aromatic ring is 1. The van der Waals surface area contributed by atoms with E-state index in [1.54, 1.807) is 10.9 Å². The van der Waals surface area contributed by atoms with Crippen molar-refractivity contribution in [3.05, 3.63) is 53.9 Å². The molecule has 2 heterocycles. The fourth-order valence-corrected chi connectivity index (χ4v) is 2.75. The lowest BCUT2D eigenvalue weighted by Gasteiger charge is -2.13. The van der Waals surface area contributed by atoms with Crippen molar-refractivity contribution >= 4 is 17.4 Å². The van der Waals surface area contributed by atoms with Gasteiger partial charge in [0.15, 0.2) is 0 Å². The summed E-state index contributed by atoms with van der Waals surface area (Å²) < 4.78 is 1.71. The third kappa shape index (κ3) is 3.68. The van der Waals surface area contributed by atoms with Crippen LogP contribution >= 0.6 is 0 Å². The molecular formula is C20H24N6O. The van der Waals surface area contributed by atoms with Crippen LogP contribution in [0.1, 0.15) is 24.6 Å². The van der Waals surface area contributed by atoms with Gasteiger partial charge in [-0.25, -0.2) is 4.68 Å². The van der Waals surface area contributed by atoms with E-state index in [4.69, 9.17) is 16.6 Å². The Morgan fingerprint density at radius 2 is 1.96 bits per heavy atom. The fraction of sp³-hybridized carbons (Fsp3) is 0.250. The number of nitrogens with one attached hydrogen (secondary N) is 1. The highest BCUT2D eigenvalue weighted by molar-refractivity contribution is 5.95. The van der Waals surface area contributed by atoms with E-state index in [-0.39, 0.29) is 5.91 Å². The van der Waals surface area contributed by atoms with E-state index < -0.39 is 6.04 Å². The van der Waals surface area contributed by atoms with Gasteiger partial charge in [-0.05, 0) is 38.5 Å². The highest BCUT2D eigenvalue weighted by Crippen LogP contribution is 2.31. The molecule has 7 heteroatoms. The lowest BCUT2D eigenvalue weighted by atomic mass is 10.1. The molecule has 3 aromatic rings. The highest BCUT2D eigenvalue weighted by atomic mass is 16.2. The van der Waals surface area contributed by atoms with Gasteiger partial charge in [0.05, 0.1) is 28.8 Å². The zero-order chi connectivity index (χ0) is 19.6.